The van der Waals surface area contributed by atoms with E-state index in [2.05, 4.69) is 69.8 Å². The number of halogens is 2. The molecule has 102 valence electrons. The summed E-state index contributed by atoms with van der Waals surface area (Å²) in [4.78, 5) is 1.21. The Morgan fingerprint density at radius 3 is 2.60 bits per heavy atom. The molecular weight excluding hydrogens is 354 g/mol. The summed E-state index contributed by atoms with van der Waals surface area (Å²) >= 11 is 11.3. The number of rotatable bonds is 3. The normalized spacial score (nSPS) is 12.8. The van der Waals surface area contributed by atoms with Crippen LogP contribution in [0.3, 0.4) is 0 Å². The molecule has 20 heavy (non-hydrogen) atoms. The zero-order chi connectivity index (χ0) is 14.1. The zero-order valence-corrected chi connectivity index (χ0v) is 14.0. The van der Waals surface area contributed by atoms with Crippen LogP contribution in [0, 0.1) is 0 Å². The number of thiophene rings is 1. The average Bonchev–Trinajstić information content (AvgIpc) is 2.79. The van der Waals surface area contributed by atoms with Crippen molar-refractivity contribution in [3.05, 3.63) is 67.8 Å². The second-order valence-electron chi connectivity index (χ2n) is 4.56. The molecule has 0 spiro atoms. The van der Waals surface area contributed by atoms with E-state index in [0.717, 1.165) is 8.81 Å². The molecule has 1 aromatic heterocycles. The maximum atomic E-state index is 6.18. The second-order valence-corrected chi connectivity index (χ2v) is 7.10. The largest absolute Gasteiger partial charge is 0.309 e. The number of nitrogens with one attached hydrogen (secondary N) is 1. The molecule has 1 nitrogen and oxygen atoms in total. The number of hydrogen-bond donors (Lipinski definition) is 1. The lowest BCUT2D eigenvalue weighted by Gasteiger charge is -2.17. The highest BCUT2D eigenvalue weighted by atomic mass is 79.9. The van der Waals surface area contributed by atoms with Crippen LogP contribution in [0.15, 0.2) is 53.0 Å². The Labute approximate surface area is 135 Å². The molecule has 0 aliphatic heterocycles. The third-order valence-corrected chi connectivity index (χ3v) is 5.91. The van der Waals surface area contributed by atoms with Gasteiger partial charge in [0.1, 0.15) is 4.34 Å². The van der Waals surface area contributed by atoms with Gasteiger partial charge in [-0.2, -0.15) is 0 Å². The van der Waals surface area contributed by atoms with E-state index in [1.807, 2.05) is 7.05 Å². The lowest BCUT2D eigenvalue weighted by molar-refractivity contribution is 0.709. The van der Waals surface area contributed by atoms with E-state index in [0.29, 0.717) is 0 Å². The van der Waals surface area contributed by atoms with Crippen molar-refractivity contribution in [2.75, 3.05) is 7.05 Å². The Morgan fingerprint density at radius 1 is 1.15 bits per heavy atom. The Bertz CT molecular complexity index is 728. The van der Waals surface area contributed by atoms with Gasteiger partial charge in [-0.05, 0) is 45.4 Å². The minimum Gasteiger partial charge on any atom is -0.309 e. The van der Waals surface area contributed by atoms with Gasteiger partial charge in [0.25, 0.3) is 0 Å². The fraction of sp³-hybridized carbons (Fsp3) is 0.125. The molecule has 4 heteroatoms. The van der Waals surface area contributed by atoms with Gasteiger partial charge in [0.05, 0.1) is 6.04 Å². The van der Waals surface area contributed by atoms with Crippen LogP contribution in [0.1, 0.15) is 16.5 Å². The minimum absolute atomic E-state index is 0.148. The molecule has 0 saturated heterocycles. The first-order chi connectivity index (χ1) is 9.70. The molecule has 0 fully saturated rings. The molecule has 0 aliphatic carbocycles. The van der Waals surface area contributed by atoms with E-state index in [-0.39, 0.29) is 6.04 Å². The van der Waals surface area contributed by atoms with E-state index in [1.54, 1.807) is 11.3 Å². The lowest BCUT2D eigenvalue weighted by atomic mass is 9.98. The summed E-state index contributed by atoms with van der Waals surface area (Å²) in [6.07, 6.45) is 0. The van der Waals surface area contributed by atoms with Crippen LogP contribution in [0.25, 0.3) is 10.8 Å². The van der Waals surface area contributed by atoms with Crippen molar-refractivity contribution in [1.29, 1.82) is 0 Å². The van der Waals surface area contributed by atoms with Crippen LogP contribution in [-0.2, 0) is 0 Å². The summed E-state index contributed by atoms with van der Waals surface area (Å²) in [6, 6.07) is 17.1. The molecule has 3 aromatic rings. The summed E-state index contributed by atoms with van der Waals surface area (Å²) in [5.41, 5.74) is 1.27. The standard InChI is InChI=1S/C16H13BrClNS/c1-19-15(14-9-13(17)16(18)20-14)12-8-4-6-10-5-2-3-7-11(10)12/h2-9,15,19H,1H3. The van der Waals surface area contributed by atoms with Crippen LogP contribution < -0.4 is 5.32 Å². The van der Waals surface area contributed by atoms with Crippen molar-refractivity contribution in [2.45, 2.75) is 6.04 Å². The fourth-order valence-corrected chi connectivity index (χ4v) is 4.32. The topological polar surface area (TPSA) is 12.0 Å². The summed E-state index contributed by atoms with van der Waals surface area (Å²) in [6.45, 7) is 0. The minimum atomic E-state index is 0.148. The molecule has 2 aromatic carbocycles. The smallest absolute Gasteiger partial charge is 0.107 e. The third-order valence-electron chi connectivity index (χ3n) is 3.37. The van der Waals surface area contributed by atoms with Crippen LogP contribution in [0.4, 0.5) is 0 Å². The van der Waals surface area contributed by atoms with Gasteiger partial charge in [-0.1, -0.05) is 54.1 Å². The molecule has 0 bridgehead atoms. The summed E-state index contributed by atoms with van der Waals surface area (Å²) in [5.74, 6) is 0. The highest BCUT2D eigenvalue weighted by Crippen LogP contribution is 2.38. The highest BCUT2D eigenvalue weighted by Gasteiger charge is 2.18. The Kier molecular flexibility index (Phi) is 4.13. The van der Waals surface area contributed by atoms with Crippen LogP contribution >= 0.6 is 38.9 Å². The maximum Gasteiger partial charge on any atom is 0.107 e. The Hall–Kier alpha value is -0.870. The number of hydrogen-bond acceptors (Lipinski definition) is 2. The first-order valence-electron chi connectivity index (χ1n) is 6.30. The van der Waals surface area contributed by atoms with Crippen molar-refractivity contribution < 1.29 is 0 Å². The average molecular weight is 367 g/mol. The Balaban J connectivity index is 2.16. The number of benzene rings is 2. The van der Waals surface area contributed by atoms with Crippen molar-refractivity contribution in [3.8, 4) is 0 Å². The van der Waals surface area contributed by atoms with Gasteiger partial charge >= 0.3 is 0 Å². The Morgan fingerprint density at radius 2 is 1.90 bits per heavy atom. The zero-order valence-electron chi connectivity index (χ0n) is 10.9. The predicted molar refractivity (Wildman–Crippen MR) is 91.9 cm³/mol. The molecule has 0 aliphatic rings. The van der Waals surface area contributed by atoms with Gasteiger partial charge in [0.2, 0.25) is 0 Å². The van der Waals surface area contributed by atoms with E-state index in [1.165, 1.54) is 21.2 Å². The SMILES string of the molecule is CNC(c1cc(Br)c(Cl)s1)c1cccc2ccccc12. The van der Waals surface area contributed by atoms with Crippen LogP contribution in [0.5, 0.6) is 0 Å². The summed E-state index contributed by atoms with van der Waals surface area (Å²) in [5, 5.41) is 5.93. The lowest BCUT2D eigenvalue weighted by Crippen LogP contribution is -2.16. The van der Waals surface area contributed by atoms with Crippen molar-refractivity contribution >= 4 is 49.6 Å². The molecule has 3 rings (SSSR count). The molecule has 1 heterocycles. The molecule has 0 amide bonds. The van der Waals surface area contributed by atoms with Gasteiger partial charge in [-0.25, -0.2) is 0 Å². The van der Waals surface area contributed by atoms with Crippen LogP contribution in [-0.4, -0.2) is 7.05 Å². The van der Waals surface area contributed by atoms with Crippen molar-refractivity contribution in [2.24, 2.45) is 0 Å². The van der Waals surface area contributed by atoms with Gasteiger partial charge in [0.15, 0.2) is 0 Å². The predicted octanol–water partition coefficient (Wildman–Crippen LogP) is 5.63. The maximum absolute atomic E-state index is 6.18. The molecule has 0 radical (unpaired) electrons. The second kappa shape index (κ2) is 5.86. The first-order valence-corrected chi connectivity index (χ1v) is 8.29. The molecule has 0 saturated carbocycles. The summed E-state index contributed by atoms with van der Waals surface area (Å²) in [7, 11) is 1.98. The van der Waals surface area contributed by atoms with E-state index >= 15 is 0 Å². The quantitative estimate of drug-likeness (QED) is 0.634. The molecule has 1 unspecified atom stereocenters. The summed E-state index contributed by atoms with van der Waals surface area (Å²) < 4.78 is 1.75. The fourth-order valence-electron chi connectivity index (χ4n) is 2.46. The third kappa shape index (κ3) is 2.51. The first kappa shape index (κ1) is 14.1. The number of fused-ring (bicyclic) bond motifs is 1. The van der Waals surface area contributed by atoms with Gasteiger partial charge in [-0.15, -0.1) is 11.3 Å². The van der Waals surface area contributed by atoms with E-state index < -0.39 is 0 Å². The highest BCUT2D eigenvalue weighted by molar-refractivity contribution is 9.10. The van der Waals surface area contributed by atoms with Crippen molar-refractivity contribution in [3.63, 3.8) is 0 Å². The van der Waals surface area contributed by atoms with Gasteiger partial charge in [-0.3, -0.25) is 0 Å². The molecule has 1 N–H and O–H groups in total. The van der Waals surface area contributed by atoms with Gasteiger partial charge in [0, 0.05) is 9.35 Å². The molecular formula is C16H13BrClNS. The van der Waals surface area contributed by atoms with Crippen molar-refractivity contribution in [1.82, 2.24) is 5.32 Å². The van der Waals surface area contributed by atoms with Crippen LogP contribution in [0.2, 0.25) is 4.34 Å². The van der Waals surface area contributed by atoms with Gasteiger partial charge < -0.3 is 5.32 Å². The monoisotopic (exact) mass is 365 g/mol. The van der Waals surface area contributed by atoms with E-state index in [4.69, 9.17) is 11.6 Å². The van der Waals surface area contributed by atoms with E-state index in [9.17, 15) is 0 Å². The molecule has 1 atom stereocenters.